The van der Waals surface area contributed by atoms with Crippen molar-refractivity contribution in [1.82, 2.24) is 25.0 Å². The lowest BCUT2D eigenvalue weighted by Crippen LogP contribution is -2.33. The van der Waals surface area contributed by atoms with Gasteiger partial charge in [0.2, 0.25) is 0 Å². The smallest absolute Gasteiger partial charge is 0.191 e. The third kappa shape index (κ3) is 4.90. The van der Waals surface area contributed by atoms with Crippen LogP contribution in [-0.4, -0.2) is 83.6 Å². The van der Waals surface area contributed by atoms with Crippen molar-refractivity contribution < 1.29 is 28.8 Å². The first-order valence-electron chi connectivity index (χ1n) is 12.0. The average molecular weight is 523 g/mol. The molecule has 1 unspecified atom stereocenters. The minimum atomic E-state index is -1.15. The summed E-state index contributed by atoms with van der Waals surface area (Å²) in [5.74, 6) is -0.472. The van der Waals surface area contributed by atoms with E-state index in [-0.39, 0.29) is 31.6 Å². The maximum absolute atomic E-state index is 13.7. The lowest BCUT2D eigenvalue weighted by atomic mass is 10.1. The third-order valence-corrected chi connectivity index (χ3v) is 7.61. The molecule has 13 heteroatoms. The fourth-order valence-corrected chi connectivity index (χ4v) is 5.31. The number of nitrogens with zero attached hydrogens (tertiary/aromatic N) is 5. The molecule has 6 atom stereocenters. The molecule has 5 rings (SSSR count). The number of anilines is 1. The standard InChI is InChI=1S/C23H28F2N6O4S/c1-2-7-36-23-27-21(26-15-9-12(15)11-3-4-13(24)14(25)8-11)18-22(28-23)31(30-29-18)16-10-17(35-6-5-32)20(34)19(16)33/h3-4,8,12,15-17,19-20,32-34H,2,5-7,9-10H2,1H3,(H,26,27,28)/t12?,15-,16-,17+,19+,20-/m1/s1. The van der Waals surface area contributed by atoms with Gasteiger partial charge in [0.1, 0.15) is 12.2 Å². The average Bonchev–Trinajstić information content (AvgIpc) is 3.41. The quantitative estimate of drug-likeness (QED) is 0.231. The first kappa shape index (κ1) is 25.2. The Labute approximate surface area is 210 Å². The van der Waals surface area contributed by atoms with Gasteiger partial charge in [-0.2, -0.15) is 0 Å². The first-order valence-corrected chi connectivity index (χ1v) is 13.0. The second kappa shape index (κ2) is 10.5. The monoisotopic (exact) mass is 522 g/mol. The number of aromatic nitrogens is 5. The molecular formula is C23H28F2N6O4S. The van der Waals surface area contributed by atoms with E-state index in [2.05, 4.69) is 32.5 Å². The molecule has 0 saturated heterocycles. The van der Waals surface area contributed by atoms with E-state index in [1.165, 1.54) is 22.5 Å². The largest absolute Gasteiger partial charge is 0.394 e. The van der Waals surface area contributed by atoms with Crippen molar-refractivity contribution in [3.05, 3.63) is 35.4 Å². The number of halogens is 2. The highest BCUT2D eigenvalue weighted by Gasteiger charge is 2.45. The zero-order chi connectivity index (χ0) is 25.4. The summed E-state index contributed by atoms with van der Waals surface area (Å²) < 4.78 is 34.0. The Balaban J connectivity index is 1.43. The van der Waals surface area contributed by atoms with Crippen LogP contribution >= 0.6 is 11.8 Å². The number of hydrogen-bond acceptors (Lipinski definition) is 10. The van der Waals surface area contributed by atoms with Crippen LogP contribution in [0.3, 0.4) is 0 Å². The van der Waals surface area contributed by atoms with Gasteiger partial charge in [0.25, 0.3) is 0 Å². The molecule has 2 aromatic heterocycles. The van der Waals surface area contributed by atoms with E-state index in [9.17, 15) is 19.0 Å². The molecule has 2 aliphatic carbocycles. The van der Waals surface area contributed by atoms with Gasteiger partial charge in [-0.05, 0) is 30.5 Å². The topological polar surface area (TPSA) is 138 Å². The summed E-state index contributed by atoms with van der Waals surface area (Å²) >= 11 is 1.48. The lowest BCUT2D eigenvalue weighted by Gasteiger charge is -2.17. The van der Waals surface area contributed by atoms with Crippen LogP contribution in [0.1, 0.15) is 43.7 Å². The Morgan fingerprint density at radius 3 is 2.75 bits per heavy atom. The summed E-state index contributed by atoms with van der Waals surface area (Å²) in [4.78, 5) is 9.27. The van der Waals surface area contributed by atoms with Gasteiger partial charge in [-0.3, -0.25) is 0 Å². The van der Waals surface area contributed by atoms with E-state index in [0.29, 0.717) is 27.7 Å². The molecule has 10 nitrogen and oxygen atoms in total. The fourth-order valence-electron chi connectivity index (χ4n) is 4.61. The van der Waals surface area contributed by atoms with Gasteiger partial charge in [0, 0.05) is 24.1 Å². The van der Waals surface area contributed by atoms with E-state index in [1.54, 1.807) is 6.07 Å². The van der Waals surface area contributed by atoms with E-state index in [4.69, 9.17) is 9.84 Å². The minimum absolute atomic E-state index is 0.00291. The Morgan fingerprint density at radius 1 is 1.17 bits per heavy atom. The van der Waals surface area contributed by atoms with Crippen molar-refractivity contribution in [2.24, 2.45) is 0 Å². The zero-order valence-corrected chi connectivity index (χ0v) is 20.4. The van der Waals surface area contributed by atoms with Crippen molar-refractivity contribution in [1.29, 1.82) is 0 Å². The molecule has 2 heterocycles. The predicted molar refractivity (Wildman–Crippen MR) is 128 cm³/mol. The number of fused-ring (bicyclic) bond motifs is 1. The zero-order valence-electron chi connectivity index (χ0n) is 19.6. The number of rotatable bonds is 10. The Hall–Kier alpha value is -2.45. The SMILES string of the molecule is CCCSc1nc(N[C@@H]2CC2c2ccc(F)c(F)c2)c2nnn([C@@H]3C[C@H](OCCO)[C@@H](O)[C@H]3O)c2n1. The molecule has 4 N–H and O–H groups in total. The molecule has 0 aliphatic heterocycles. The molecular weight excluding hydrogens is 494 g/mol. The van der Waals surface area contributed by atoms with E-state index >= 15 is 0 Å². The molecule has 2 fully saturated rings. The number of hydrogen-bond donors (Lipinski definition) is 4. The van der Waals surface area contributed by atoms with Gasteiger partial charge in [-0.1, -0.05) is 30.0 Å². The maximum atomic E-state index is 13.7. The molecule has 3 aromatic rings. The van der Waals surface area contributed by atoms with Gasteiger partial charge < -0.3 is 25.4 Å². The summed E-state index contributed by atoms with van der Waals surface area (Å²) in [5, 5.41) is 42.5. The van der Waals surface area contributed by atoms with Crippen molar-refractivity contribution in [3.8, 4) is 0 Å². The van der Waals surface area contributed by atoms with Gasteiger partial charge >= 0.3 is 0 Å². The van der Waals surface area contributed by atoms with Crippen LogP contribution in [0, 0.1) is 11.6 Å². The number of thioether (sulfide) groups is 1. The highest BCUT2D eigenvalue weighted by molar-refractivity contribution is 7.99. The summed E-state index contributed by atoms with van der Waals surface area (Å²) in [6, 6.07) is 3.26. The second-order valence-electron chi connectivity index (χ2n) is 9.09. The highest BCUT2D eigenvalue weighted by atomic mass is 32.2. The third-order valence-electron chi connectivity index (χ3n) is 6.56. The van der Waals surface area contributed by atoms with Crippen molar-refractivity contribution >= 4 is 28.7 Å². The van der Waals surface area contributed by atoms with Crippen LogP contribution < -0.4 is 5.32 Å². The molecule has 0 bridgehead atoms. The van der Waals surface area contributed by atoms with Crippen LogP contribution in [0.5, 0.6) is 0 Å². The van der Waals surface area contributed by atoms with Crippen molar-refractivity contribution in [2.45, 2.75) is 67.7 Å². The number of aliphatic hydroxyl groups is 3. The van der Waals surface area contributed by atoms with Crippen molar-refractivity contribution in [3.63, 3.8) is 0 Å². The van der Waals surface area contributed by atoms with Crippen LogP contribution in [0.15, 0.2) is 23.4 Å². The normalized spacial score (nSPS) is 27.6. The Morgan fingerprint density at radius 2 is 2.00 bits per heavy atom. The fraction of sp³-hybridized carbons (Fsp3) is 0.565. The number of aliphatic hydroxyl groups excluding tert-OH is 3. The number of benzene rings is 1. The molecule has 2 aliphatic rings. The lowest BCUT2D eigenvalue weighted by molar-refractivity contribution is -0.0629. The summed E-state index contributed by atoms with van der Waals surface area (Å²) in [5.41, 5.74) is 1.53. The van der Waals surface area contributed by atoms with E-state index in [0.717, 1.165) is 24.7 Å². The minimum Gasteiger partial charge on any atom is -0.394 e. The molecule has 36 heavy (non-hydrogen) atoms. The van der Waals surface area contributed by atoms with Crippen LogP contribution in [0.2, 0.25) is 0 Å². The first-order chi connectivity index (χ1) is 17.4. The molecule has 194 valence electrons. The number of nitrogens with one attached hydrogen (secondary N) is 1. The van der Waals surface area contributed by atoms with Gasteiger partial charge in [-0.15, -0.1) is 5.10 Å². The van der Waals surface area contributed by atoms with Crippen LogP contribution in [0.4, 0.5) is 14.6 Å². The molecule has 2 saturated carbocycles. The Bertz CT molecular complexity index is 1230. The second-order valence-corrected chi connectivity index (χ2v) is 10.2. The predicted octanol–water partition coefficient (Wildman–Crippen LogP) is 2.01. The van der Waals surface area contributed by atoms with Crippen molar-refractivity contribution in [2.75, 3.05) is 24.3 Å². The van der Waals surface area contributed by atoms with Crippen LogP contribution in [-0.2, 0) is 4.74 Å². The maximum Gasteiger partial charge on any atom is 0.191 e. The molecule has 0 amide bonds. The van der Waals surface area contributed by atoms with Gasteiger partial charge in [-0.25, -0.2) is 23.4 Å². The molecule has 0 radical (unpaired) electrons. The van der Waals surface area contributed by atoms with E-state index < -0.39 is 36.0 Å². The molecule has 0 spiro atoms. The highest BCUT2D eigenvalue weighted by Crippen LogP contribution is 2.44. The molecule has 1 aromatic carbocycles. The Kier molecular flexibility index (Phi) is 7.35. The summed E-state index contributed by atoms with van der Waals surface area (Å²) in [7, 11) is 0. The van der Waals surface area contributed by atoms with E-state index in [1.807, 2.05) is 0 Å². The van der Waals surface area contributed by atoms with Crippen LogP contribution in [0.25, 0.3) is 11.2 Å². The van der Waals surface area contributed by atoms with Gasteiger partial charge in [0.15, 0.2) is 33.8 Å². The summed E-state index contributed by atoms with van der Waals surface area (Å²) in [6.07, 6.45) is -1.04. The number of ether oxygens (including phenoxy) is 1. The summed E-state index contributed by atoms with van der Waals surface area (Å²) in [6.45, 7) is 1.91. The van der Waals surface area contributed by atoms with Gasteiger partial charge in [0.05, 0.1) is 25.4 Å².